The number of nitrogens with zero attached hydrogens (tertiary/aromatic N) is 3. The molecule has 0 aliphatic heterocycles. The van der Waals surface area contributed by atoms with Crippen molar-refractivity contribution in [2.45, 2.75) is 6.54 Å². The molecule has 2 aromatic carbocycles. The first-order chi connectivity index (χ1) is 12.9. The Morgan fingerprint density at radius 3 is 2.37 bits per heavy atom. The van der Waals surface area contributed by atoms with E-state index in [1.807, 2.05) is 24.3 Å². The maximum Gasteiger partial charge on any atom is 0.269 e. The van der Waals surface area contributed by atoms with Crippen LogP contribution in [-0.2, 0) is 11.3 Å². The van der Waals surface area contributed by atoms with Crippen molar-refractivity contribution in [3.05, 3.63) is 85.6 Å². The number of hydrogen-bond acceptors (Lipinski definition) is 5. The van der Waals surface area contributed by atoms with Gasteiger partial charge in [-0.3, -0.25) is 19.7 Å². The van der Waals surface area contributed by atoms with Crippen molar-refractivity contribution >= 4 is 33.2 Å². The van der Waals surface area contributed by atoms with E-state index >= 15 is 0 Å². The molecule has 0 spiro atoms. The minimum Gasteiger partial charge on any atom is -0.324 e. The van der Waals surface area contributed by atoms with E-state index in [1.54, 1.807) is 6.07 Å². The number of halogens is 1. The standard InChI is InChI=1S/C18H13BrN4O4/c19-13-3-1-12(2-4-13)16-9-10-18(25)22(21-16)11-17(24)20-14-5-7-15(8-6-14)23(26)27/h1-10H,11H2,(H,20,24). The fraction of sp³-hybridized carbons (Fsp3) is 0.0556. The van der Waals surface area contributed by atoms with Gasteiger partial charge < -0.3 is 5.32 Å². The predicted molar refractivity (Wildman–Crippen MR) is 103 cm³/mol. The number of hydrogen-bond donors (Lipinski definition) is 1. The molecule has 0 fully saturated rings. The third-order valence-corrected chi connectivity index (χ3v) is 4.19. The number of non-ortho nitro benzene ring substituents is 1. The number of amides is 1. The Balaban J connectivity index is 1.75. The molecule has 0 atom stereocenters. The van der Waals surface area contributed by atoms with E-state index < -0.39 is 16.4 Å². The summed E-state index contributed by atoms with van der Waals surface area (Å²) < 4.78 is 1.99. The highest BCUT2D eigenvalue weighted by molar-refractivity contribution is 9.10. The zero-order valence-electron chi connectivity index (χ0n) is 13.8. The summed E-state index contributed by atoms with van der Waals surface area (Å²) in [6.07, 6.45) is 0. The molecule has 0 bridgehead atoms. The minimum atomic E-state index is -0.525. The summed E-state index contributed by atoms with van der Waals surface area (Å²) in [5, 5.41) is 17.5. The number of carbonyl (C=O) groups is 1. The van der Waals surface area contributed by atoms with Crippen LogP contribution in [0.2, 0.25) is 0 Å². The maximum atomic E-state index is 12.2. The predicted octanol–water partition coefficient (Wildman–Crippen LogP) is 3.22. The van der Waals surface area contributed by atoms with Crippen molar-refractivity contribution in [3.63, 3.8) is 0 Å². The number of anilines is 1. The van der Waals surface area contributed by atoms with Gasteiger partial charge >= 0.3 is 0 Å². The van der Waals surface area contributed by atoms with Crippen LogP contribution in [0.4, 0.5) is 11.4 Å². The normalized spacial score (nSPS) is 10.4. The number of nitrogens with one attached hydrogen (secondary N) is 1. The molecule has 0 saturated heterocycles. The Bertz CT molecular complexity index is 1050. The van der Waals surface area contributed by atoms with Crippen molar-refractivity contribution in [2.24, 2.45) is 0 Å². The molecule has 3 aromatic rings. The Labute approximate surface area is 161 Å². The fourth-order valence-electron chi connectivity index (χ4n) is 2.34. The molecule has 1 heterocycles. The van der Waals surface area contributed by atoms with Crippen molar-refractivity contribution < 1.29 is 9.72 Å². The van der Waals surface area contributed by atoms with Crippen molar-refractivity contribution in [1.29, 1.82) is 0 Å². The fourth-order valence-corrected chi connectivity index (χ4v) is 2.60. The highest BCUT2D eigenvalue weighted by Crippen LogP contribution is 2.19. The van der Waals surface area contributed by atoms with Gasteiger partial charge in [0.15, 0.2) is 0 Å². The van der Waals surface area contributed by atoms with E-state index in [4.69, 9.17) is 0 Å². The van der Waals surface area contributed by atoms with Crippen molar-refractivity contribution in [1.82, 2.24) is 9.78 Å². The van der Waals surface area contributed by atoms with Crippen LogP contribution in [0.25, 0.3) is 11.3 Å². The molecule has 136 valence electrons. The van der Waals surface area contributed by atoms with Gasteiger partial charge in [-0.05, 0) is 30.3 Å². The van der Waals surface area contributed by atoms with Crippen molar-refractivity contribution in [3.8, 4) is 11.3 Å². The molecule has 1 aromatic heterocycles. The molecule has 1 N–H and O–H groups in total. The van der Waals surface area contributed by atoms with E-state index in [0.717, 1.165) is 14.7 Å². The average molecular weight is 429 g/mol. The summed E-state index contributed by atoms with van der Waals surface area (Å²) in [6, 6.07) is 15.8. The monoisotopic (exact) mass is 428 g/mol. The molecule has 8 nitrogen and oxygen atoms in total. The Kier molecular flexibility index (Phi) is 5.41. The van der Waals surface area contributed by atoms with E-state index in [9.17, 15) is 19.7 Å². The van der Waals surface area contributed by atoms with E-state index in [1.165, 1.54) is 30.3 Å². The topological polar surface area (TPSA) is 107 Å². The van der Waals surface area contributed by atoms with E-state index in [-0.39, 0.29) is 12.2 Å². The van der Waals surface area contributed by atoms with E-state index in [0.29, 0.717) is 11.4 Å². The quantitative estimate of drug-likeness (QED) is 0.495. The molecular formula is C18H13BrN4O4. The Morgan fingerprint density at radius 1 is 1.07 bits per heavy atom. The summed E-state index contributed by atoms with van der Waals surface area (Å²) in [4.78, 5) is 34.3. The van der Waals surface area contributed by atoms with Gasteiger partial charge in [0, 0.05) is 33.9 Å². The summed E-state index contributed by atoms with van der Waals surface area (Å²) >= 11 is 3.35. The Morgan fingerprint density at radius 2 is 1.74 bits per heavy atom. The second-order valence-corrected chi connectivity index (χ2v) is 6.49. The molecule has 1 amide bonds. The number of nitro benzene ring substituents is 1. The molecular weight excluding hydrogens is 416 g/mol. The first-order valence-corrected chi connectivity index (χ1v) is 8.60. The summed E-state index contributed by atoms with van der Waals surface area (Å²) in [5.41, 5.74) is 1.28. The zero-order chi connectivity index (χ0) is 19.4. The van der Waals surface area contributed by atoms with Gasteiger partial charge in [-0.25, -0.2) is 4.68 Å². The molecule has 0 aliphatic carbocycles. The number of carbonyl (C=O) groups excluding carboxylic acids is 1. The van der Waals surface area contributed by atoms with Crippen LogP contribution < -0.4 is 10.9 Å². The molecule has 0 saturated carbocycles. The maximum absolute atomic E-state index is 12.2. The lowest BCUT2D eigenvalue weighted by Crippen LogP contribution is -2.29. The van der Waals surface area contributed by atoms with Gasteiger partial charge in [0.2, 0.25) is 5.91 Å². The first-order valence-electron chi connectivity index (χ1n) is 7.81. The van der Waals surface area contributed by atoms with Gasteiger partial charge in [-0.1, -0.05) is 28.1 Å². The van der Waals surface area contributed by atoms with Crippen LogP contribution in [0, 0.1) is 10.1 Å². The number of aromatic nitrogens is 2. The lowest BCUT2D eigenvalue weighted by molar-refractivity contribution is -0.384. The van der Waals surface area contributed by atoms with Gasteiger partial charge in [0.25, 0.3) is 11.2 Å². The molecule has 3 rings (SSSR count). The summed E-state index contributed by atoms with van der Waals surface area (Å²) in [5.74, 6) is -0.466. The van der Waals surface area contributed by atoms with Gasteiger partial charge in [0.1, 0.15) is 6.54 Å². The van der Waals surface area contributed by atoms with Crippen LogP contribution in [0.5, 0.6) is 0 Å². The summed E-state index contributed by atoms with van der Waals surface area (Å²) in [6.45, 7) is -0.278. The van der Waals surface area contributed by atoms with Crippen LogP contribution in [0.3, 0.4) is 0 Å². The zero-order valence-corrected chi connectivity index (χ0v) is 15.4. The second kappa shape index (κ2) is 7.92. The van der Waals surface area contributed by atoms with Crippen LogP contribution in [0.15, 0.2) is 69.9 Å². The molecule has 0 radical (unpaired) electrons. The van der Waals surface area contributed by atoms with Gasteiger partial charge in [-0.15, -0.1) is 0 Å². The third kappa shape index (κ3) is 4.64. The number of rotatable bonds is 5. The minimum absolute atomic E-state index is 0.0758. The number of benzene rings is 2. The second-order valence-electron chi connectivity index (χ2n) is 5.57. The van der Waals surface area contributed by atoms with Gasteiger partial charge in [-0.2, -0.15) is 5.10 Å². The third-order valence-electron chi connectivity index (χ3n) is 3.66. The van der Waals surface area contributed by atoms with Gasteiger partial charge in [0.05, 0.1) is 10.6 Å². The SMILES string of the molecule is O=C(Cn1nc(-c2ccc(Br)cc2)ccc1=O)Nc1ccc([N+](=O)[O-])cc1. The molecule has 0 aliphatic rings. The summed E-state index contributed by atoms with van der Waals surface area (Å²) in [7, 11) is 0. The Hall–Kier alpha value is -3.33. The average Bonchev–Trinajstić information content (AvgIpc) is 2.64. The molecule has 27 heavy (non-hydrogen) atoms. The first kappa shape index (κ1) is 18.5. The van der Waals surface area contributed by atoms with Crippen LogP contribution in [0.1, 0.15) is 0 Å². The smallest absolute Gasteiger partial charge is 0.269 e. The largest absolute Gasteiger partial charge is 0.324 e. The lowest BCUT2D eigenvalue weighted by atomic mass is 10.1. The highest BCUT2D eigenvalue weighted by Gasteiger charge is 2.10. The highest BCUT2D eigenvalue weighted by atomic mass is 79.9. The molecule has 0 unspecified atom stereocenters. The lowest BCUT2D eigenvalue weighted by Gasteiger charge is -2.08. The van der Waals surface area contributed by atoms with Crippen LogP contribution >= 0.6 is 15.9 Å². The van der Waals surface area contributed by atoms with E-state index in [2.05, 4.69) is 26.3 Å². The molecule has 9 heteroatoms. The van der Waals surface area contributed by atoms with Crippen LogP contribution in [-0.4, -0.2) is 20.6 Å². The number of nitro groups is 1. The van der Waals surface area contributed by atoms with Crippen molar-refractivity contribution in [2.75, 3.05) is 5.32 Å².